The van der Waals surface area contributed by atoms with Gasteiger partial charge in [0.05, 0.1) is 6.61 Å². The van der Waals surface area contributed by atoms with Crippen LogP contribution in [0.3, 0.4) is 0 Å². The van der Waals surface area contributed by atoms with E-state index < -0.39 is 0 Å². The van der Waals surface area contributed by atoms with Crippen molar-refractivity contribution in [3.8, 4) is 0 Å². The first kappa shape index (κ1) is 12.5. The number of rotatable bonds is 6. The van der Waals surface area contributed by atoms with Gasteiger partial charge in [0.1, 0.15) is 6.23 Å². The van der Waals surface area contributed by atoms with Crippen LogP contribution < -0.4 is 0 Å². The van der Waals surface area contributed by atoms with E-state index in [-0.39, 0.29) is 12.1 Å². The first-order chi connectivity index (χ1) is 7.29. The predicted octanol–water partition coefficient (Wildman–Crippen LogP) is 2.55. The van der Waals surface area contributed by atoms with Crippen LogP contribution in [0.4, 0.5) is 0 Å². The lowest BCUT2D eigenvalue weighted by molar-refractivity contribution is -0.136. The summed E-state index contributed by atoms with van der Waals surface area (Å²) in [6.07, 6.45) is 6.13. The Hall–Kier alpha value is -0.570. The molecule has 3 heteroatoms. The van der Waals surface area contributed by atoms with E-state index in [0.717, 1.165) is 32.2 Å². The average molecular weight is 213 g/mol. The molecule has 0 aromatic rings. The SMILES string of the molecule is CCCCCC(=O)N1CCOC1CCC. The summed E-state index contributed by atoms with van der Waals surface area (Å²) in [5.74, 6) is 0.277. The summed E-state index contributed by atoms with van der Waals surface area (Å²) < 4.78 is 5.54. The molecule has 0 saturated carbocycles. The van der Waals surface area contributed by atoms with Gasteiger partial charge >= 0.3 is 0 Å². The minimum Gasteiger partial charge on any atom is -0.356 e. The smallest absolute Gasteiger partial charge is 0.224 e. The molecular formula is C12H23NO2. The maximum absolute atomic E-state index is 11.9. The zero-order valence-electron chi connectivity index (χ0n) is 10.00. The molecule has 88 valence electrons. The Morgan fingerprint density at radius 1 is 1.33 bits per heavy atom. The molecule has 0 aliphatic carbocycles. The maximum Gasteiger partial charge on any atom is 0.224 e. The fourth-order valence-electron chi connectivity index (χ4n) is 1.96. The Balaban J connectivity index is 2.30. The van der Waals surface area contributed by atoms with E-state index in [0.29, 0.717) is 13.0 Å². The summed E-state index contributed by atoms with van der Waals surface area (Å²) in [6, 6.07) is 0. The molecule has 0 aromatic carbocycles. The number of carbonyl (C=O) groups is 1. The van der Waals surface area contributed by atoms with E-state index in [1.807, 2.05) is 4.90 Å². The standard InChI is InChI=1S/C12H23NO2/c1-3-5-6-8-11(14)13-9-10-15-12(13)7-4-2/h12H,3-10H2,1-2H3. The highest BCUT2D eigenvalue weighted by molar-refractivity contribution is 5.76. The summed E-state index contributed by atoms with van der Waals surface area (Å²) in [7, 11) is 0. The van der Waals surface area contributed by atoms with Gasteiger partial charge < -0.3 is 9.64 Å². The molecule has 0 bridgehead atoms. The van der Waals surface area contributed by atoms with E-state index in [2.05, 4.69) is 13.8 Å². The monoisotopic (exact) mass is 213 g/mol. The summed E-state index contributed by atoms with van der Waals surface area (Å²) in [4.78, 5) is 13.8. The molecule has 15 heavy (non-hydrogen) atoms. The highest BCUT2D eigenvalue weighted by atomic mass is 16.5. The fraction of sp³-hybridized carbons (Fsp3) is 0.917. The van der Waals surface area contributed by atoms with E-state index in [1.54, 1.807) is 0 Å². The van der Waals surface area contributed by atoms with Crippen molar-refractivity contribution in [2.75, 3.05) is 13.2 Å². The van der Waals surface area contributed by atoms with Crippen LogP contribution in [0.25, 0.3) is 0 Å². The Morgan fingerprint density at radius 2 is 2.13 bits per heavy atom. The Kier molecular flexibility index (Phi) is 5.69. The second-order valence-corrected chi connectivity index (χ2v) is 4.16. The molecule has 1 aliphatic rings. The molecule has 3 nitrogen and oxygen atoms in total. The highest BCUT2D eigenvalue weighted by Gasteiger charge is 2.27. The van der Waals surface area contributed by atoms with E-state index in [9.17, 15) is 4.79 Å². The van der Waals surface area contributed by atoms with Gasteiger partial charge in [-0.05, 0) is 12.8 Å². The maximum atomic E-state index is 11.9. The van der Waals surface area contributed by atoms with Crippen molar-refractivity contribution in [2.45, 2.75) is 58.6 Å². The van der Waals surface area contributed by atoms with E-state index in [4.69, 9.17) is 4.74 Å². The van der Waals surface area contributed by atoms with Gasteiger partial charge in [0.2, 0.25) is 5.91 Å². The number of carbonyl (C=O) groups excluding carboxylic acids is 1. The number of nitrogens with zero attached hydrogens (tertiary/aromatic N) is 1. The summed E-state index contributed by atoms with van der Waals surface area (Å²) >= 11 is 0. The predicted molar refractivity (Wildman–Crippen MR) is 60.5 cm³/mol. The molecule has 1 atom stereocenters. The van der Waals surface area contributed by atoms with Crippen molar-refractivity contribution < 1.29 is 9.53 Å². The minimum absolute atomic E-state index is 0.0594. The summed E-state index contributed by atoms with van der Waals surface area (Å²) in [5, 5.41) is 0. The van der Waals surface area contributed by atoms with E-state index in [1.165, 1.54) is 6.42 Å². The minimum atomic E-state index is 0.0594. The van der Waals surface area contributed by atoms with Crippen molar-refractivity contribution in [1.29, 1.82) is 0 Å². The van der Waals surface area contributed by atoms with Crippen LogP contribution in [0.2, 0.25) is 0 Å². The largest absolute Gasteiger partial charge is 0.356 e. The second-order valence-electron chi connectivity index (χ2n) is 4.16. The van der Waals surface area contributed by atoms with Gasteiger partial charge in [-0.2, -0.15) is 0 Å². The molecule has 1 saturated heterocycles. The van der Waals surface area contributed by atoms with Crippen LogP contribution >= 0.6 is 0 Å². The van der Waals surface area contributed by atoms with Gasteiger partial charge in [0, 0.05) is 13.0 Å². The number of unbranched alkanes of at least 4 members (excludes halogenated alkanes) is 2. The fourth-order valence-corrected chi connectivity index (χ4v) is 1.96. The summed E-state index contributed by atoms with van der Waals surface area (Å²) in [6.45, 7) is 5.78. The first-order valence-corrected chi connectivity index (χ1v) is 6.20. The molecule has 1 aliphatic heterocycles. The van der Waals surface area contributed by atoms with Crippen molar-refractivity contribution in [3.05, 3.63) is 0 Å². The third-order valence-electron chi connectivity index (χ3n) is 2.84. The Labute approximate surface area is 92.8 Å². The molecule has 1 fully saturated rings. The van der Waals surface area contributed by atoms with Crippen molar-refractivity contribution in [3.63, 3.8) is 0 Å². The Morgan fingerprint density at radius 3 is 2.80 bits per heavy atom. The van der Waals surface area contributed by atoms with Gasteiger partial charge in [-0.3, -0.25) is 4.79 Å². The normalized spacial score (nSPS) is 20.9. The topological polar surface area (TPSA) is 29.5 Å². The quantitative estimate of drug-likeness (QED) is 0.635. The van der Waals surface area contributed by atoms with Crippen LogP contribution in [-0.2, 0) is 9.53 Å². The number of hydrogen-bond acceptors (Lipinski definition) is 2. The lowest BCUT2D eigenvalue weighted by atomic mass is 10.2. The first-order valence-electron chi connectivity index (χ1n) is 6.20. The molecule has 1 unspecified atom stereocenters. The lowest BCUT2D eigenvalue weighted by Crippen LogP contribution is -2.35. The summed E-state index contributed by atoms with van der Waals surface area (Å²) in [5.41, 5.74) is 0. The van der Waals surface area contributed by atoms with Crippen LogP contribution in [-0.4, -0.2) is 30.2 Å². The second kappa shape index (κ2) is 6.83. The molecule has 1 heterocycles. The molecule has 0 aromatic heterocycles. The lowest BCUT2D eigenvalue weighted by Gasteiger charge is -2.22. The van der Waals surface area contributed by atoms with Crippen LogP contribution in [0.15, 0.2) is 0 Å². The van der Waals surface area contributed by atoms with Crippen LogP contribution in [0, 0.1) is 0 Å². The average Bonchev–Trinajstić information content (AvgIpc) is 2.67. The molecule has 0 radical (unpaired) electrons. The van der Waals surface area contributed by atoms with Crippen LogP contribution in [0.5, 0.6) is 0 Å². The van der Waals surface area contributed by atoms with Gasteiger partial charge in [-0.1, -0.05) is 33.1 Å². The number of amides is 1. The van der Waals surface area contributed by atoms with Gasteiger partial charge in [-0.25, -0.2) is 0 Å². The van der Waals surface area contributed by atoms with Crippen molar-refractivity contribution in [2.24, 2.45) is 0 Å². The molecule has 0 spiro atoms. The van der Waals surface area contributed by atoms with E-state index >= 15 is 0 Å². The molecular weight excluding hydrogens is 190 g/mol. The van der Waals surface area contributed by atoms with Crippen LogP contribution in [0.1, 0.15) is 52.4 Å². The Bertz CT molecular complexity index is 194. The molecule has 1 amide bonds. The zero-order valence-corrected chi connectivity index (χ0v) is 10.00. The third kappa shape index (κ3) is 3.82. The number of hydrogen-bond donors (Lipinski definition) is 0. The van der Waals surface area contributed by atoms with Gasteiger partial charge in [0.25, 0.3) is 0 Å². The zero-order chi connectivity index (χ0) is 11.1. The third-order valence-corrected chi connectivity index (χ3v) is 2.84. The molecule has 0 N–H and O–H groups in total. The number of ether oxygens (including phenoxy) is 1. The molecule has 1 rings (SSSR count). The van der Waals surface area contributed by atoms with Gasteiger partial charge in [0.15, 0.2) is 0 Å². The highest BCUT2D eigenvalue weighted by Crippen LogP contribution is 2.17. The van der Waals surface area contributed by atoms with Crippen molar-refractivity contribution >= 4 is 5.91 Å². The van der Waals surface area contributed by atoms with Gasteiger partial charge in [-0.15, -0.1) is 0 Å². The van der Waals surface area contributed by atoms with Crippen molar-refractivity contribution in [1.82, 2.24) is 4.90 Å².